The summed E-state index contributed by atoms with van der Waals surface area (Å²) in [6.07, 6.45) is 0.467. The molecule has 4 N–H and O–H groups in total. The number of rotatable bonds is 3. The third kappa shape index (κ3) is 3.05. The van der Waals surface area contributed by atoms with E-state index in [9.17, 15) is 9.59 Å². The summed E-state index contributed by atoms with van der Waals surface area (Å²) in [5.74, 6) is 2.06. The van der Waals surface area contributed by atoms with Gasteiger partial charge in [0.1, 0.15) is 0 Å². The van der Waals surface area contributed by atoms with Crippen LogP contribution in [0.5, 0.6) is 0 Å². The summed E-state index contributed by atoms with van der Waals surface area (Å²) >= 11 is 1.87. The van der Waals surface area contributed by atoms with Gasteiger partial charge in [0.05, 0.1) is 11.0 Å². The van der Waals surface area contributed by atoms with Crippen LogP contribution in [0.3, 0.4) is 0 Å². The number of nitrogens with one attached hydrogen (secondary N) is 4. The van der Waals surface area contributed by atoms with E-state index in [0.29, 0.717) is 17.6 Å². The van der Waals surface area contributed by atoms with Crippen molar-refractivity contribution in [1.82, 2.24) is 15.3 Å². The number of aromatic nitrogens is 2. The standard InChI is InChI=1S/C13H16N4O2S/c18-12(6-9-7-20-4-3-14-9)15-8-1-2-10-11(5-8)17-13(19)16-10/h1-2,5,9,14H,3-4,6-7H2,(H,15,18)(H2,16,17,19). The zero-order valence-electron chi connectivity index (χ0n) is 10.9. The first kappa shape index (κ1) is 13.3. The number of thioether (sulfide) groups is 1. The predicted molar refractivity (Wildman–Crippen MR) is 81.3 cm³/mol. The fourth-order valence-corrected chi connectivity index (χ4v) is 3.25. The lowest BCUT2D eigenvalue weighted by Crippen LogP contribution is -2.39. The predicted octanol–water partition coefficient (Wildman–Crippen LogP) is 0.890. The molecule has 106 valence electrons. The Hall–Kier alpha value is -1.73. The second-order valence-corrected chi connectivity index (χ2v) is 5.97. The Kier molecular flexibility index (Phi) is 3.79. The molecule has 1 unspecified atom stereocenters. The summed E-state index contributed by atoms with van der Waals surface area (Å²) in [6.45, 7) is 0.957. The minimum atomic E-state index is -0.244. The fourth-order valence-electron chi connectivity index (χ4n) is 2.30. The quantitative estimate of drug-likeness (QED) is 0.676. The number of aromatic amines is 2. The first-order chi connectivity index (χ1) is 9.70. The Morgan fingerprint density at radius 2 is 2.20 bits per heavy atom. The highest BCUT2D eigenvalue weighted by molar-refractivity contribution is 7.99. The van der Waals surface area contributed by atoms with Crippen LogP contribution in [0, 0.1) is 0 Å². The molecule has 3 rings (SSSR count). The van der Waals surface area contributed by atoms with Gasteiger partial charge in [0.15, 0.2) is 0 Å². The van der Waals surface area contributed by atoms with Crippen molar-refractivity contribution in [2.45, 2.75) is 12.5 Å². The molecule has 2 aromatic rings. The maximum atomic E-state index is 12.0. The molecule has 1 saturated heterocycles. The van der Waals surface area contributed by atoms with Crippen LogP contribution in [0.2, 0.25) is 0 Å². The van der Waals surface area contributed by atoms with E-state index in [1.165, 1.54) is 0 Å². The number of fused-ring (bicyclic) bond motifs is 1. The highest BCUT2D eigenvalue weighted by Crippen LogP contribution is 2.16. The van der Waals surface area contributed by atoms with E-state index in [2.05, 4.69) is 20.6 Å². The van der Waals surface area contributed by atoms with E-state index in [-0.39, 0.29) is 17.6 Å². The third-order valence-electron chi connectivity index (χ3n) is 3.23. The molecule has 0 bridgehead atoms. The Bertz CT molecular complexity index is 672. The molecule has 0 aliphatic carbocycles. The number of carbonyl (C=O) groups excluding carboxylic acids is 1. The van der Waals surface area contributed by atoms with Crippen LogP contribution in [0.15, 0.2) is 23.0 Å². The minimum Gasteiger partial charge on any atom is -0.326 e. The molecule has 1 fully saturated rings. The molecule has 7 heteroatoms. The van der Waals surface area contributed by atoms with Crippen molar-refractivity contribution in [2.75, 3.05) is 23.4 Å². The van der Waals surface area contributed by atoms with Gasteiger partial charge in [-0.1, -0.05) is 0 Å². The second kappa shape index (κ2) is 5.72. The maximum Gasteiger partial charge on any atom is 0.323 e. The first-order valence-corrected chi connectivity index (χ1v) is 7.69. The van der Waals surface area contributed by atoms with E-state index in [1.54, 1.807) is 18.2 Å². The summed E-state index contributed by atoms with van der Waals surface area (Å²) in [4.78, 5) is 28.5. The summed E-state index contributed by atoms with van der Waals surface area (Å²) < 4.78 is 0. The van der Waals surface area contributed by atoms with Gasteiger partial charge in [-0.3, -0.25) is 4.79 Å². The van der Waals surface area contributed by atoms with Gasteiger partial charge >= 0.3 is 5.69 Å². The van der Waals surface area contributed by atoms with Gasteiger partial charge < -0.3 is 20.6 Å². The Balaban J connectivity index is 1.65. The number of anilines is 1. The zero-order valence-corrected chi connectivity index (χ0v) is 11.7. The van der Waals surface area contributed by atoms with Crippen LogP contribution in [-0.2, 0) is 4.79 Å². The SMILES string of the molecule is O=C(CC1CSCCN1)Nc1ccc2[nH]c(=O)[nH]c2c1. The molecule has 1 atom stereocenters. The average Bonchev–Trinajstić information content (AvgIpc) is 2.79. The van der Waals surface area contributed by atoms with Crippen molar-refractivity contribution in [3.63, 3.8) is 0 Å². The smallest absolute Gasteiger partial charge is 0.323 e. The van der Waals surface area contributed by atoms with Crippen molar-refractivity contribution in [3.05, 3.63) is 28.7 Å². The van der Waals surface area contributed by atoms with Crippen molar-refractivity contribution < 1.29 is 4.79 Å². The van der Waals surface area contributed by atoms with E-state index in [1.807, 2.05) is 11.8 Å². The highest BCUT2D eigenvalue weighted by Gasteiger charge is 2.16. The second-order valence-electron chi connectivity index (χ2n) is 4.82. The molecule has 1 aliphatic heterocycles. The van der Waals surface area contributed by atoms with Gasteiger partial charge in [-0.05, 0) is 18.2 Å². The lowest BCUT2D eigenvalue weighted by molar-refractivity contribution is -0.116. The van der Waals surface area contributed by atoms with E-state index in [4.69, 9.17) is 0 Å². The molecule has 0 spiro atoms. The molecule has 1 amide bonds. The molecule has 1 aliphatic rings. The van der Waals surface area contributed by atoms with E-state index >= 15 is 0 Å². The minimum absolute atomic E-state index is 0.0118. The van der Waals surface area contributed by atoms with Crippen LogP contribution in [0.4, 0.5) is 5.69 Å². The maximum absolute atomic E-state index is 12.0. The first-order valence-electron chi connectivity index (χ1n) is 6.54. The fraction of sp³-hybridized carbons (Fsp3) is 0.385. The molecule has 20 heavy (non-hydrogen) atoms. The van der Waals surface area contributed by atoms with Gasteiger partial charge in [0.25, 0.3) is 0 Å². The van der Waals surface area contributed by atoms with Crippen LogP contribution in [-0.4, -0.2) is 40.0 Å². The Labute approximate surface area is 119 Å². The van der Waals surface area contributed by atoms with Gasteiger partial charge in [0, 0.05) is 36.2 Å². The largest absolute Gasteiger partial charge is 0.326 e. The van der Waals surface area contributed by atoms with Gasteiger partial charge in [-0.25, -0.2) is 4.79 Å². The molecule has 0 radical (unpaired) electrons. The summed E-state index contributed by atoms with van der Waals surface area (Å²) in [7, 11) is 0. The number of hydrogen-bond acceptors (Lipinski definition) is 4. The van der Waals surface area contributed by atoms with Crippen LogP contribution in [0.25, 0.3) is 11.0 Å². The van der Waals surface area contributed by atoms with Crippen molar-refractivity contribution in [1.29, 1.82) is 0 Å². The average molecular weight is 292 g/mol. The summed E-state index contributed by atoms with van der Waals surface area (Å²) in [5.41, 5.74) is 1.88. The molecule has 2 heterocycles. The van der Waals surface area contributed by atoms with Crippen LogP contribution in [0.1, 0.15) is 6.42 Å². The number of carbonyl (C=O) groups is 1. The number of amides is 1. The summed E-state index contributed by atoms with van der Waals surface area (Å²) in [5, 5.41) is 6.20. The number of hydrogen-bond donors (Lipinski definition) is 4. The molecule has 6 nitrogen and oxygen atoms in total. The number of H-pyrrole nitrogens is 2. The Morgan fingerprint density at radius 3 is 3.00 bits per heavy atom. The molecular weight excluding hydrogens is 276 g/mol. The van der Waals surface area contributed by atoms with Crippen LogP contribution >= 0.6 is 11.8 Å². The van der Waals surface area contributed by atoms with E-state index in [0.717, 1.165) is 23.6 Å². The van der Waals surface area contributed by atoms with Crippen LogP contribution < -0.4 is 16.3 Å². The number of imidazole rings is 1. The van der Waals surface area contributed by atoms with Gasteiger partial charge in [-0.2, -0.15) is 11.8 Å². The highest BCUT2D eigenvalue weighted by atomic mass is 32.2. The van der Waals surface area contributed by atoms with Crippen molar-refractivity contribution >= 4 is 34.4 Å². The normalized spacial score (nSPS) is 19.1. The molecule has 1 aromatic carbocycles. The molecular formula is C13H16N4O2S. The third-order valence-corrected chi connectivity index (χ3v) is 4.36. The van der Waals surface area contributed by atoms with Gasteiger partial charge in [-0.15, -0.1) is 0 Å². The van der Waals surface area contributed by atoms with E-state index < -0.39 is 0 Å². The van der Waals surface area contributed by atoms with Gasteiger partial charge in [0.2, 0.25) is 5.91 Å². The lowest BCUT2D eigenvalue weighted by Gasteiger charge is -2.22. The Morgan fingerprint density at radius 1 is 1.35 bits per heavy atom. The van der Waals surface area contributed by atoms with Crippen molar-refractivity contribution in [2.24, 2.45) is 0 Å². The number of benzene rings is 1. The lowest BCUT2D eigenvalue weighted by atomic mass is 10.2. The monoisotopic (exact) mass is 292 g/mol. The molecule has 1 aromatic heterocycles. The zero-order chi connectivity index (χ0) is 13.9. The molecule has 0 saturated carbocycles. The van der Waals surface area contributed by atoms with Crippen molar-refractivity contribution in [3.8, 4) is 0 Å². The summed E-state index contributed by atoms with van der Waals surface area (Å²) in [6, 6.07) is 5.56. The topological polar surface area (TPSA) is 89.8 Å².